The monoisotopic (exact) mass is 338 g/mol. The zero-order valence-corrected chi connectivity index (χ0v) is 14.2. The second-order valence-corrected chi connectivity index (χ2v) is 6.04. The predicted molar refractivity (Wildman–Crippen MR) is 86.6 cm³/mol. The van der Waals surface area contributed by atoms with Crippen LogP contribution in [0.1, 0.15) is 33.3 Å². The van der Waals surface area contributed by atoms with Gasteiger partial charge >= 0.3 is 12.1 Å². The summed E-state index contributed by atoms with van der Waals surface area (Å²) in [6.45, 7) is 6.82. The van der Waals surface area contributed by atoms with Crippen molar-refractivity contribution >= 4 is 17.7 Å². The van der Waals surface area contributed by atoms with Gasteiger partial charge in [0.2, 0.25) is 0 Å². The maximum atomic E-state index is 12.1. The van der Waals surface area contributed by atoms with Crippen LogP contribution in [0.15, 0.2) is 24.3 Å². The van der Waals surface area contributed by atoms with Crippen LogP contribution in [0, 0.1) is 10.1 Å². The van der Waals surface area contributed by atoms with Crippen LogP contribution in [0.5, 0.6) is 0 Å². The van der Waals surface area contributed by atoms with Gasteiger partial charge in [-0.1, -0.05) is 18.2 Å². The molecule has 0 heterocycles. The van der Waals surface area contributed by atoms with Crippen LogP contribution in [0.2, 0.25) is 0 Å². The third-order valence-corrected chi connectivity index (χ3v) is 2.87. The highest BCUT2D eigenvalue weighted by atomic mass is 16.6. The predicted octanol–water partition coefficient (Wildman–Crippen LogP) is 2.59. The fourth-order valence-corrected chi connectivity index (χ4v) is 1.97. The first-order valence-electron chi connectivity index (χ1n) is 7.52. The highest BCUT2D eigenvalue weighted by Crippen LogP contribution is 2.20. The van der Waals surface area contributed by atoms with Crippen molar-refractivity contribution in [1.29, 1.82) is 0 Å². The number of ether oxygens (including phenoxy) is 2. The molecule has 1 rings (SSSR count). The van der Waals surface area contributed by atoms with Gasteiger partial charge in [-0.3, -0.25) is 10.1 Å². The Morgan fingerprint density at radius 3 is 2.46 bits per heavy atom. The Hall–Kier alpha value is -2.64. The van der Waals surface area contributed by atoms with Crippen LogP contribution >= 0.6 is 0 Å². The van der Waals surface area contributed by atoms with Gasteiger partial charge in [-0.25, -0.2) is 9.59 Å². The number of benzene rings is 1. The molecule has 1 aromatic rings. The molecule has 8 nitrogen and oxygen atoms in total. The number of para-hydroxylation sites is 1. The van der Waals surface area contributed by atoms with Crippen LogP contribution in [0.4, 0.5) is 10.5 Å². The molecule has 0 aliphatic carbocycles. The van der Waals surface area contributed by atoms with Gasteiger partial charge in [-0.2, -0.15) is 0 Å². The number of nitrogens with one attached hydrogen (secondary N) is 1. The Morgan fingerprint density at radius 2 is 1.92 bits per heavy atom. The number of hydrogen-bond acceptors (Lipinski definition) is 6. The highest BCUT2D eigenvalue weighted by molar-refractivity contribution is 5.82. The van der Waals surface area contributed by atoms with Crippen LogP contribution < -0.4 is 5.32 Å². The first-order valence-corrected chi connectivity index (χ1v) is 7.52. The highest BCUT2D eigenvalue weighted by Gasteiger charge is 2.28. The van der Waals surface area contributed by atoms with Crippen LogP contribution in [0.25, 0.3) is 0 Å². The van der Waals surface area contributed by atoms with E-state index in [2.05, 4.69) is 5.32 Å². The van der Waals surface area contributed by atoms with Crippen molar-refractivity contribution in [2.45, 2.75) is 45.8 Å². The van der Waals surface area contributed by atoms with Gasteiger partial charge in [-0.15, -0.1) is 0 Å². The Bertz CT molecular complexity index is 609. The van der Waals surface area contributed by atoms with E-state index < -0.39 is 28.6 Å². The summed E-state index contributed by atoms with van der Waals surface area (Å²) in [6.07, 6.45) is -0.867. The summed E-state index contributed by atoms with van der Waals surface area (Å²) < 4.78 is 10.0. The molecular weight excluding hydrogens is 316 g/mol. The van der Waals surface area contributed by atoms with Gasteiger partial charge in [0.05, 0.1) is 11.5 Å². The summed E-state index contributed by atoms with van der Waals surface area (Å²) in [7, 11) is 0. The maximum Gasteiger partial charge on any atom is 0.408 e. The standard InChI is InChI=1S/C16H22N2O6/c1-5-23-14(19)12(17-15(20)24-16(2,3)4)10-11-8-6-7-9-13(11)18(21)22/h6-9,12H,5,10H2,1-4H3,(H,17,20). The maximum absolute atomic E-state index is 12.1. The van der Waals surface area contributed by atoms with E-state index in [1.807, 2.05) is 0 Å². The molecule has 0 radical (unpaired) electrons. The molecule has 1 aromatic carbocycles. The molecular formula is C16H22N2O6. The fraction of sp³-hybridized carbons (Fsp3) is 0.500. The Kier molecular flexibility index (Phi) is 6.69. The number of hydrogen-bond donors (Lipinski definition) is 1. The third-order valence-electron chi connectivity index (χ3n) is 2.87. The molecule has 0 saturated carbocycles. The van der Waals surface area contributed by atoms with Crippen molar-refractivity contribution in [1.82, 2.24) is 5.32 Å². The number of alkyl carbamates (subject to hydrolysis) is 1. The third kappa shape index (κ3) is 6.23. The second-order valence-electron chi connectivity index (χ2n) is 6.04. The van der Waals surface area contributed by atoms with E-state index in [-0.39, 0.29) is 18.7 Å². The van der Waals surface area contributed by atoms with E-state index >= 15 is 0 Å². The molecule has 8 heteroatoms. The zero-order chi connectivity index (χ0) is 18.3. The lowest BCUT2D eigenvalue weighted by Gasteiger charge is -2.22. The van der Waals surface area contributed by atoms with E-state index in [1.165, 1.54) is 18.2 Å². The van der Waals surface area contributed by atoms with Gasteiger partial charge < -0.3 is 14.8 Å². The molecule has 1 atom stereocenters. The molecule has 0 aliphatic heterocycles. The van der Waals surface area contributed by atoms with Crippen molar-refractivity contribution in [3.63, 3.8) is 0 Å². The topological polar surface area (TPSA) is 108 Å². The minimum Gasteiger partial charge on any atom is -0.464 e. The zero-order valence-electron chi connectivity index (χ0n) is 14.2. The average molecular weight is 338 g/mol. The van der Waals surface area contributed by atoms with Crippen molar-refractivity contribution in [2.24, 2.45) is 0 Å². The molecule has 1 N–H and O–H groups in total. The molecule has 0 spiro atoms. The van der Waals surface area contributed by atoms with E-state index in [0.717, 1.165) is 0 Å². The number of amides is 1. The Labute approximate surface area is 140 Å². The summed E-state index contributed by atoms with van der Waals surface area (Å²) in [4.78, 5) is 34.5. The summed E-state index contributed by atoms with van der Waals surface area (Å²) in [6, 6.07) is 4.94. The fourth-order valence-electron chi connectivity index (χ4n) is 1.97. The van der Waals surface area contributed by atoms with E-state index in [0.29, 0.717) is 5.56 Å². The van der Waals surface area contributed by atoms with Gasteiger partial charge in [0, 0.05) is 18.1 Å². The lowest BCUT2D eigenvalue weighted by molar-refractivity contribution is -0.385. The first kappa shape index (κ1) is 19.4. The average Bonchev–Trinajstić information content (AvgIpc) is 2.45. The van der Waals surface area contributed by atoms with Gasteiger partial charge in [0.1, 0.15) is 11.6 Å². The number of nitro groups is 1. The summed E-state index contributed by atoms with van der Waals surface area (Å²) in [5, 5.41) is 13.5. The van der Waals surface area contributed by atoms with Crippen molar-refractivity contribution in [3.8, 4) is 0 Å². The van der Waals surface area contributed by atoms with Gasteiger partial charge in [0.15, 0.2) is 0 Å². The normalized spacial score (nSPS) is 12.2. The van der Waals surface area contributed by atoms with Gasteiger partial charge in [-0.05, 0) is 27.7 Å². The van der Waals surface area contributed by atoms with E-state index in [4.69, 9.17) is 9.47 Å². The van der Waals surface area contributed by atoms with Crippen molar-refractivity contribution in [2.75, 3.05) is 6.61 Å². The quantitative estimate of drug-likeness (QED) is 0.485. The minimum absolute atomic E-state index is 0.0742. The smallest absolute Gasteiger partial charge is 0.408 e. The van der Waals surface area contributed by atoms with Crippen LogP contribution in [-0.4, -0.2) is 35.2 Å². The lowest BCUT2D eigenvalue weighted by atomic mass is 10.0. The van der Waals surface area contributed by atoms with Crippen molar-refractivity contribution in [3.05, 3.63) is 39.9 Å². The molecule has 0 aromatic heterocycles. The Balaban J connectivity index is 2.97. The van der Waals surface area contributed by atoms with Gasteiger partial charge in [0.25, 0.3) is 5.69 Å². The number of carbonyl (C=O) groups excluding carboxylic acids is 2. The SMILES string of the molecule is CCOC(=O)C(Cc1ccccc1[N+](=O)[O-])NC(=O)OC(C)(C)C. The second kappa shape index (κ2) is 8.28. The number of rotatable bonds is 6. The van der Waals surface area contributed by atoms with Crippen LogP contribution in [0.3, 0.4) is 0 Å². The molecule has 0 aliphatic rings. The molecule has 0 bridgehead atoms. The number of carbonyl (C=O) groups is 2. The molecule has 0 saturated heterocycles. The number of nitrogens with zero attached hydrogens (tertiary/aromatic N) is 1. The molecule has 1 amide bonds. The number of nitro benzene ring substituents is 1. The Morgan fingerprint density at radius 1 is 1.29 bits per heavy atom. The summed E-state index contributed by atoms with van der Waals surface area (Å²) >= 11 is 0. The van der Waals surface area contributed by atoms with E-state index in [1.54, 1.807) is 33.8 Å². The minimum atomic E-state index is -1.08. The molecule has 1 unspecified atom stereocenters. The van der Waals surface area contributed by atoms with E-state index in [9.17, 15) is 19.7 Å². The van der Waals surface area contributed by atoms with Crippen molar-refractivity contribution < 1.29 is 24.0 Å². The number of esters is 1. The first-order chi connectivity index (χ1) is 11.1. The lowest BCUT2D eigenvalue weighted by Crippen LogP contribution is -2.45. The largest absolute Gasteiger partial charge is 0.464 e. The molecule has 0 fully saturated rings. The van der Waals surface area contributed by atoms with Crippen LogP contribution in [-0.2, 0) is 20.7 Å². The summed E-state index contributed by atoms with van der Waals surface area (Å²) in [5.41, 5.74) is -0.545. The molecule has 132 valence electrons. The molecule has 24 heavy (non-hydrogen) atoms. The summed E-state index contributed by atoms with van der Waals surface area (Å²) in [5.74, 6) is -0.679.